The second-order valence-corrected chi connectivity index (χ2v) is 13.3. The van der Waals surface area contributed by atoms with Crippen molar-refractivity contribution < 1.29 is 33.2 Å². The fourth-order valence-electron chi connectivity index (χ4n) is 5.03. The van der Waals surface area contributed by atoms with Gasteiger partial charge in [-0.3, -0.25) is 24.1 Å². The van der Waals surface area contributed by atoms with E-state index in [4.69, 9.17) is 14.0 Å². The van der Waals surface area contributed by atoms with E-state index in [0.29, 0.717) is 50.7 Å². The van der Waals surface area contributed by atoms with E-state index >= 15 is 0 Å². The van der Waals surface area contributed by atoms with Crippen LogP contribution in [-0.4, -0.2) is 95.2 Å². The van der Waals surface area contributed by atoms with Gasteiger partial charge < -0.3 is 29.9 Å². The third-order valence-corrected chi connectivity index (χ3v) is 8.21. The Labute approximate surface area is 261 Å². The number of amides is 3. The number of rotatable bonds is 16. The molecule has 0 spiro atoms. The molecule has 2 fully saturated rings. The van der Waals surface area contributed by atoms with Crippen LogP contribution in [-0.2, 0) is 36.8 Å². The van der Waals surface area contributed by atoms with Crippen molar-refractivity contribution in [3.63, 3.8) is 0 Å². The van der Waals surface area contributed by atoms with Crippen molar-refractivity contribution in [3.8, 4) is 0 Å². The van der Waals surface area contributed by atoms with Crippen LogP contribution < -0.4 is 16.0 Å². The summed E-state index contributed by atoms with van der Waals surface area (Å²) in [6, 6.07) is -1.17. The summed E-state index contributed by atoms with van der Waals surface area (Å²) in [6.07, 6.45) is 0.872. The summed E-state index contributed by atoms with van der Waals surface area (Å²) < 4.78 is 16.1. The maximum atomic E-state index is 13.7. The average Bonchev–Trinajstić information content (AvgIpc) is 3.32. The van der Waals surface area contributed by atoms with E-state index in [0.717, 1.165) is 13.1 Å². The number of ketones is 1. The first-order valence-electron chi connectivity index (χ1n) is 15.2. The molecule has 3 N–H and O–H groups in total. The van der Waals surface area contributed by atoms with Crippen LogP contribution in [0.3, 0.4) is 0 Å². The van der Waals surface area contributed by atoms with Crippen LogP contribution in [0.1, 0.15) is 69.4 Å². The monoisotopic (exact) mass is 632 g/mol. The van der Waals surface area contributed by atoms with Crippen molar-refractivity contribution in [2.45, 2.75) is 84.2 Å². The van der Waals surface area contributed by atoms with Gasteiger partial charge in [-0.1, -0.05) is 32.9 Å². The molecule has 13 nitrogen and oxygen atoms in total. The molecule has 0 saturated carbocycles. The highest BCUT2D eigenvalue weighted by atomic mass is 32.1. The van der Waals surface area contributed by atoms with Crippen molar-refractivity contribution >= 4 is 34.8 Å². The maximum absolute atomic E-state index is 13.7. The summed E-state index contributed by atoms with van der Waals surface area (Å²) in [5, 5.41) is 14.2. The highest BCUT2D eigenvalue weighted by Gasteiger charge is 2.50. The fraction of sp³-hybridized carbons (Fsp3) is 0.667. The summed E-state index contributed by atoms with van der Waals surface area (Å²) in [7, 11) is 0. The lowest BCUT2D eigenvalue weighted by atomic mass is 9.93. The molecule has 2 saturated heterocycles. The summed E-state index contributed by atoms with van der Waals surface area (Å²) in [6.45, 7) is 13.1. The fourth-order valence-corrected chi connectivity index (χ4v) is 5.60. The molecule has 2 aliphatic rings. The molecule has 4 atom stereocenters. The quantitative estimate of drug-likeness (QED) is 0.232. The zero-order valence-corrected chi connectivity index (χ0v) is 26.9. The van der Waals surface area contributed by atoms with E-state index < -0.39 is 41.4 Å². The molecule has 3 unspecified atom stereocenters. The van der Waals surface area contributed by atoms with E-state index in [-0.39, 0.29) is 29.7 Å². The predicted molar refractivity (Wildman–Crippen MR) is 162 cm³/mol. The number of aromatic nitrogens is 2. The van der Waals surface area contributed by atoms with Gasteiger partial charge in [0.1, 0.15) is 17.7 Å². The first-order chi connectivity index (χ1) is 20.9. The number of hydrogen-bond acceptors (Lipinski definition) is 11. The lowest BCUT2D eigenvalue weighted by Gasteiger charge is -2.26. The number of hydrogen-bond donors (Lipinski definition) is 3. The molecule has 0 aromatic carbocycles. The predicted octanol–water partition coefficient (Wildman–Crippen LogP) is 1.72. The minimum Gasteiger partial charge on any atom is -0.379 e. The summed E-state index contributed by atoms with van der Waals surface area (Å²) >= 11 is 1.38. The van der Waals surface area contributed by atoms with Crippen molar-refractivity contribution in [2.75, 3.05) is 32.9 Å². The molecule has 0 radical (unpaired) electrons. The van der Waals surface area contributed by atoms with Crippen LogP contribution in [0.25, 0.3) is 0 Å². The molecular weight excluding hydrogens is 588 g/mol. The van der Waals surface area contributed by atoms with Gasteiger partial charge in [0.15, 0.2) is 17.2 Å². The van der Waals surface area contributed by atoms with Gasteiger partial charge in [-0.05, 0) is 31.6 Å². The SMILES string of the molecule is CC(C)CC(NC(=O)c1cc(CN2CCOCC2)on1)C(=O)NC(Cc1cscn1)C(=O)NC(CC(C)C)C(=O)[C@@]1(C)CO1. The first-order valence-corrected chi connectivity index (χ1v) is 16.1. The van der Waals surface area contributed by atoms with Gasteiger partial charge >= 0.3 is 0 Å². The van der Waals surface area contributed by atoms with Gasteiger partial charge in [-0.25, -0.2) is 4.98 Å². The Morgan fingerprint density at radius 1 is 0.977 bits per heavy atom. The molecule has 4 heterocycles. The number of nitrogens with zero attached hydrogens (tertiary/aromatic N) is 3. The Morgan fingerprint density at radius 2 is 1.61 bits per heavy atom. The highest BCUT2D eigenvalue weighted by molar-refractivity contribution is 7.07. The van der Waals surface area contributed by atoms with E-state index in [1.54, 1.807) is 23.9 Å². The van der Waals surface area contributed by atoms with Crippen LogP contribution in [0.15, 0.2) is 21.5 Å². The van der Waals surface area contributed by atoms with E-state index in [9.17, 15) is 19.2 Å². The molecule has 2 aromatic rings. The number of carbonyl (C=O) groups is 4. The van der Waals surface area contributed by atoms with Gasteiger partial charge in [-0.2, -0.15) is 0 Å². The molecular formula is C30H44N6O7S. The Kier molecular flexibility index (Phi) is 11.6. The number of carbonyl (C=O) groups excluding carboxylic acids is 4. The molecule has 4 rings (SSSR count). The minimum absolute atomic E-state index is 0.0541. The number of ether oxygens (including phenoxy) is 2. The Balaban J connectivity index is 1.45. The van der Waals surface area contributed by atoms with Gasteiger partial charge in [0.05, 0.1) is 43.6 Å². The van der Waals surface area contributed by atoms with Crippen LogP contribution >= 0.6 is 11.3 Å². The zero-order chi connectivity index (χ0) is 31.9. The number of epoxide rings is 1. The maximum Gasteiger partial charge on any atom is 0.274 e. The number of morpholine rings is 1. The topological polar surface area (TPSA) is 168 Å². The van der Waals surface area contributed by atoms with E-state index in [1.165, 1.54) is 11.3 Å². The molecule has 242 valence electrons. The van der Waals surface area contributed by atoms with Gasteiger partial charge in [0.2, 0.25) is 11.8 Å². The highest BCUT2D eigenvalue weighted by Crippen LogP contribution is 2.29. The number of Topliss-reactive ketones (excluding diaryl/α,β-unsaturated/α-hetero) is 1. The van der Waals surface area contributed by atoms with Crippen LogP contribution in [0.2, 0.25) is 0 Å². The van der Waals surface area contributed by atoms with Crippen LogP contribution in [0.4, 0.5) is 0 Å². The van der Waals surface area contributed by atoms with Crippen molar-refractivity contribution in [2.24, 2.45) is 11.8 Å². The second kappa shape index (κ2) is 15.2. The second-order valence-electron chi connectivity index (χ2n) is 12.5. The number of thiazole rings is 1. The van der Waals surface area contributed by atoms with Crippen LogP contribution in [0.5, 0.6) is 0 Å². The zero-order valence-electron chi connectivity index (χ0n) is 26.1. The summed E-state index contributed by atoms with van der Waals surface area (Å²) in [4.78, 5) is 60.0. The average molecular weight is 633 g/mol. The summed E-state index contributed by atoms with van der Waals surface area (Å²) in [5.74, 6) is -1.05. The third kappa shape index (κ3) is 9.65. The standard InChI is InChI=1S/C30H44N6O7S/c1-18(2)10-22(26(37)30(5)16-42-30)32-28(39)24(12-20-15-44-17-31-20)34-27(38)23(11-19(3)4)33-29(40)25-13-21(43-35-25)14-36-6-8-41-9-7-36/h13,15,17-19,22-24H,6-12,14,16H2,1-5H3,(H,32,39)(H,33,40)(H,34,38)/t22?,23?,24?,30-/m1/s1. The molecule has 14 heteroatoms. The van der Waals surface area contributed by atoms with Gasteiger partial charge in [0.25, 0.3) is 5.91 Å². The Bertz CT molecular complexity index is 1270. The van der Waals surface area contributed by atoms with Gasteiger partial charge in [-0.15, -0.1) is 11.3 Å². The molecule has 3 amide bonds. The van der Waals surface area contributed by atoms with Crippen molar-refractivity contribution in [3.05, 3.63) is 34.1 Å². The van der Waals surface area contributed by atoms with Gasteiger partial charge in [0, 0.05) is 31.0 Å². The first kappa shape index (κ1) is 33.7. The Morgan fingerprint density at radius 3 is 2.23 bits per heavy atom. The molecule has 2 aliphatic heterocycles. The number of nitrogens with one attached hydrogen (secondary N) is 3. The normalized spacial score (nSPS) is 20.6. The van der Waals surface area contributed by atoms with Crippen molar-refractivity contribution in [1.29, 1.82) is 0 Å². The molecule has 2 aromatic heterocycles. The lowest BCUT2D eigenvalue weighted by Crippen LogP contribution is -2.57. The molecule has 0 aliphatic carbocycles. The van der Waals surface area contributed by atoms with Crippen molar-refractivity contribution in [1.82, 2.24) is 31.0 Å². The smallest absolute Gasteiger partial charge is 0.274 e. The van der Waals surface area contributed by atoms with E-state index in [2.05, 4.69) is 31.0 Å². The summed E-state index contributed by atoms with van der Waals surface area (Å²) in [5.41, 5.74) is 1.43. The molecule has 44 heavy (non-hydrogen) atoms. The largest absolute Gasteiger partial charge is 0.379 e. The third-order valence-electron chi connectivity index (χ3n) is 7.57. The molecule has 0 bridgehead atoms. The lowest BCUT2D eigenvalue weighted by molar-refractivity contribution is -0.133. The van der Waals surface area contributed by atoms with E-state index in [1.807, 2.05) is 27.7 Å². The Hall–Kier alpha value is -3.20. The van der Waals surface area contributed by atoms with Crippen LogP contribution in [0, 0.1) is 11.8 Å². The minimum atomic E-state index is -1.03.